The van der Waals surface area contributed by atoms with E-state index in [9.17, 15) is 4.79 Å². The number of rotatable bonds is 5. The fourth-order valence-corrected chi connectivity index (χ4v) is 0.402. The molecule has 0 aromatic rings. The molecule has 0 atom stereocenters. The molecule has 0 bridgehead atoms. The lowest BCUT2D eigenvalue weighted by atomic mass is 10.3. The van der Waals surface area contributed by atoms with Crippen molar-refractivity contribution in [3.05, 3.63) is 6.61 Å². The van der Waals surface area contributed by atoms with Gasteiger partial charge in [-0.2, -0.15) is 0 Å². The highest BCUT2D eigenvalue weighted by atomic mass is 16.5. The number of ether oxygens (including phenoxy) is 1. The summed E-state index contributed by atoms with van der Waals surface area (Å²) in [5.41, 5.74) is 0. The van der Waals surface area contributed by atoms with Gasteiger partial charge in [0.2, 0.25) is 0 Å². The number of carbonyl (C=O) groups is 1. The smallest absolute Gasteiger partial charge is 0.119 e. The molecule has 0 heterocycles. The van der Waals surface area contributed by atoms with Crippen LogP contribution in [0.5, 0.6) is 0 Å². The summed E-state index contributed by atoms with van der Waals surface area (Å²) in [5.74, 6) is 0. The third-order valence-corrected chi connectivity index (χ3v) is 0.811. The van der Waals surface area contributed by atoms with Gasteiger partial charge in [-0.25, -0.2) is 0 Å². The molecule has 2 heteroatoms. The Morgan fingerprint density at radius 1 is 1.50 bits per heavy atom. The van der Waals surface area contributed by atoms with Gasteiger partial charge >= 0.3 is 0 Å². The summed E-state index contributed by atoms with van der Waals surface area (Å²) >= 11 is 0. The summed E-state index contributed by atoms with van der Waals surface area (Å²) in [6.45, 7) is 1.70. The van der Waals surface area contributed by atoms with Crippen LogP contribution in [0.1, 0.15) is 19.3 Å². The van der Waals surface area contributed by atoms with Gasteiger partial charge in [0.15, 0.2) is 0 Å². The molecule has 0 aliphatic rings. The Balaban J connectivity index is 2.62. The Morgan fingerprint density at radius 3 is 2.75 bits per heavy atom. The Bertz CT molecular complexity index is 52.5. The minimum Gasteiger partial charge on any atom is -0.379 e. The first-order valence-electron chi connectivity index (χ1n) is 2.70. The predicted octanol–water partition coefficient (Wildman–Crippen LogP) is 1.16. The van der Waals surface area contributed by atoms with Crippen molar-refractivity contribution in [2.24, 2.45) is 0 Å². The number of carbonyl (C=O) groups excluding carboxylic acids is 1. The first-order valence-corrected chi connectivity index (χ1v) is 2.70. The Hall–Kier alpha value is -0.370. The second-order valence-electron chi connectivity index (χ2n) is 1.50. The topological polar surface area (TPSA) is 26.3 Å². The van der Waals surface area contributed by atoms with Crippen LogP contribution in [-0.4, -0.2) is 13.4 Å². The van der Waals surface area contributed by atoms with Crippen molar-refractivity contribution in [1.29, 1.82) is 0 Å². The minimum absolute atomic E-state index is 0.639. The van der Waals surface area contributed by atoms with Crippen LogP contribution in [-0.2, 0) is 9.53 Å². The van der Waals surface area contributed by atoms with E-state index in [-0.39, 0.29) is 0 Å². The highest BCUT2D eigenvalue weighted by molar-refractivity contribution is 5.48. The van der Waals surface area contributed by atoms with E-state index < -0.39 is 0 Å². The second-order valence-corrected chi connectivity index (χ2v) is 1.50. The second kappa shape index (κ2) is 6.63. The van der Waals surface area contributed by atoms with Gasteiger partial charge in [0.05, 0.1) is 6.61 Å². The van der Waals surface area contributed by atoms with Gasteiger partial charge in [-0.15, -0.1) is 0 Å². The molecule has 0 saturated carbocycles. The summed E-state index contributed by atoms with van der Waals surface area (Å²) in [5, 5.41) is 0. The summed E-state index contributed by atoms with van der Waals surface area (Å²) in [6.07, 6.45) is 3.33. The van der Waals surface area contributed by atoms with Crippen LogP contribution < -0.4 is 0 Å². The maximum atomic E-state index is 9.71. The molecule has 0 aromatic carbocycles. The van der Waals surface area contributed by atoms with Gasteiger partial charge in [-0.3, -0.25) is 0 Å². The van der Waals surface area contributed by atoms with Gasteiger partial charge in [0.25, 0.3) is 0 Å². The number of hydrogen-bond donors (Lipinski definition) is 0. The van der Waals surface area contributed by atoms with Crippen LogP contribution in [0, 0.1) is 6.61 Å². The zero-order chi connectivity index (χ0) is 6.24. The zero-order valence-electron chi connectivity index (χ0n) is 5.09. The minimum atomic E-state index is 0.639. The average Bonchev–Trinajstić information content (AvgIpc) is 1.81. The Morgan fingerprint density at radius 2 is 2.25 bits per heavy atom. The highest BCUT2D eigenvalue weighted by Crippen LogP contribution is 1.95. The average molecular weight is 115 g/mol. The largest absolute Gasteiger partial charge is 0.379 e. The van der Waals surface area contributed by atoms with E-state index in [1.807, 2.05) is 0 Å². The normalized spacial score (nSPS) is 9.12. The molecule has 0 fully saturated rings. The van der Waals surface area contributed by atoms with E-state index >= 15 is 0 Å². The van der Waals surface area contributed by atoms with Crippen molar-refractivity contribution in [2.75, 3.05) is 7.11 Å². The molecule has 0 amide bonds. The molecule has 0 aliphatic heterocycles. The van der Waals surface area contributed by atoms with Crippen LogP contribution >= 0.6 is 0 Å². The standard InChI is InChI=1S/C6H11O2/c1-8-6-4-2-3-5-7/h5-6H,2-4H2,1H3. The number of methoxy groups -OCH3 is 1. The van der Waals surface area contributed by atoms with E-state index in [1.165, 1.54) is 0 Å². The Kier molecular flexibility index (Phi) is 6.32. The number of hydrogen-bond acceptors (Lipinski definition) is 2. The SMILES string of the molecule is CO[CH]CCCC=O. The highest BCUT2D eigenvalue weighted by Gasteiger charge is 1.84. The molecule has 8 heavy (non-hydrogen) atoms. The Labute approximate surface area is 49.8 Å². The van der Waals surface area contributed by atoms with Crippen molar-refractivity contribution >= 4 is 6.29 Å². The summed E-state index contributed by atoms with van der Waals surface area (Å²) < 4.78 is 4.65. The van der Waals surface area contributed by atoms with Crippen molar-refractivity contribution in [1.82, 2.24) is 0 Å². The van der Waals surface area contributed by atoms with Crippen LogP contribution in [0.4, 0.5) is 0 Å². The lowest BCUT2D eigenvalue weighted by Gasteiger charge is -1.91. The van der Waals surface area contributed by atoms with Gasteiger partial charge in [-0.1, -0.05) is 0 Å². The van der Waals surface area contributed by atoms with E-state index in [0.717, 1.165) is 19.1 Å². The van der Waals surface area contributed by atoms with Crippen molar-refractivity contribution in [2.45, 2.75) is 19.3 Å². The summed E-state index contributed by atoms with van der Waals surface area (Å²) in [6, 6.07) is 0. The molecule has 0 aliphatic carbocycles. The monoisotopic (exact) mass is 115 g/mol. The molecule has 0 spiro atoms. The molecule has 0 N–H and O–H groups in total. The lowest BCUT2D eigenvalue weighted by Crippen LogP contribution is -1.80. The van der Waals surface area contributed by atoms with E-state index in [2.05, 4.69) is 4.74 Å². The van der Waals surface area contributed by atoms with Crippen LogP contribution in [0.25, 0.3) is 0 Å². The van der Waals surface area contributed by atoms with Crippen molar-refractivity contribution in [3.63, 3.8) is 0 Å². The first kappa shape index (κ1) is 7.63. The third-order valence-electron chi connectivity index (χ3n) is 0.811. The third kappa shape index (κ3) is 5.63. The van der Waals surface area contributed by atoms with Crippen molar-refractivity contribution in [3.8, 4) is 0 Å². The lowest BCUT2D eigenvalue weighted by molar-refractivity contribution is -0.107. The number of aldehydes is 1. The maximum absolute atomic E-state index is 9.71. The molecular weight excluding hydrogens is 104 g/mol. The molecule has 0 aromatic heterocycles. The zero-order valence-corrected chi connectivity index (χ0v) is 5.09. The molecule has 2 nitrogen and oxygen atoms in total. The number of unbranched alkanes of at least 4 members (excludes halogenated alkanes) is 2. The van der Waals surface area contributed by atoms with Crippen molar-refractivity contribution < 1.29 is 9.53 Å². The molecule has 47 valence electrons. The quantitative estimate of drug-likeness (QED) is 0.397. The van der Waals surface area contributed by atoms with Crippen LogP contribution in [0.3, 0.4) is 0 Å². The van der Waals surface area contributed by atoms with E-state index in [4.69, 9.17) is 0 Å². The van der Waals surface area contributed by atoms with Crippen LogP contribution in [0.15, 0.2) is 0 Å². The van der Waals surface area contributed by atoms with E-state index in [1.54, 1.807) is 13.7 Å². The molecule has 0 saturated heterocycles. The molecule has 0 unspecified atom stereocenters. The molecule has 1 radical (unpaired) electrons. The predicted molar refractivity (Wildman–Crippen MR) is 31.2 cm³/mol. The van der Waals surface area contributed by atoms with Crippen LogP contribution in [0.2, 0.25) is 0 Å². The van der Waals surface area contributed by atoms with Gasteiger partial charge in [-0.05, 0) is 12.8 Å². The molecular formula is C6H11O2. The fourth-order valence-electron chi connectivity index (χ4n) is 0.402. The summed E-state index contributed by atoms with van der Waals surface area (Å²) in [7, 11) is 1.61. The summed E-state index contributed by atoms with van der Waals surface area (Å²) in [4.78, 5) is 9.71. The van der Waals surface area contributed by atoms with E-state index in [0.29, 0.717) is 6.42 Å². The van der Waals surface area contributed by atoms with Gasteiger partial charge in [0, 0.05) is 13.5 Å². The maximum Gasteiger partial charge on any atom is 0.119 e. The molecule has 0 rings (SSSR count). The van der Waals surface area contributed by atoms with Gasteiger partial charge in [0.1, 0.15) is 6.29 Å². The fraction of sp³-hybridized carbons (Fsp3) is 0.667. The first-order chi connectivity index (χ1) is 3.91. The van der Waals surface area contributed by atoms with Gasteiger partial charge < -0.3 is 9.53 Å².